The molecule has 5 nitrogen and oxygen atoms in total. The van der Waals surface area contributed by atoms with Gasteiger partial charge in [0, 0.05) is 28.5 Å². The molecule has 2 amide bonds. The van der Waals surface area contributed by atoms with Crippen LogP contribution in [-0.4, -0.2) is 25.0 Å². The van der Waals surface area contributed by atoms with Crippen LogP contribution in [0.5, 0.6) is 5.75 Å². The Morgan fingerprint density at radius 2 is 1.59 bits per heavy atom. The molecule has 3 rings (SSSR count). The predicted octanol–water partition coefficient (Wildman–Crippen LogP) is 5.02. The number of amides is 2. The minimum atomic E-state index is -0.293. The second-order valence-electron chi connectivity index (χ2n) is 6.25. The number of ether oxygens (including phenoxy) is 1. The van der Waals surface area contributed by atoms with Gasteiger partial charge in [-0.15, -0.1) is 0 Å². The highest BCUT2D eigenvalue weighted by atomic mass is 35.5. The number of carbonyl (C=O) groups excluding carboxylic acids is 2. The quantitative estimate of drug-likeness (QED) is 0.596. The van der Waals surface area contributed by atoms with E-state index in [-0.39, 0.29) is 18.4 Å². The molecular weight excluding hydrogens is 388 g/mol. The van der Waals surface area contributed by atoms with Crippen LogP contribution < -0.4 is 15.0 Å². The van der Waals surface area contributed by atoms with Crippen LogP contribution in [0.1, 0.15) is 17.3 Å². The Morgan fingerprint density at radius 1 is 0.931 bits per heavy atom. The molecule has 0 spiro atoms. The number of carbonyl (C=O) groups is 2. The van der Waals surface area contributed by atoms with Crippen molar-refractivity contribution in [3.63, 3.8) is 0 Å². The first-order valence-corrected chi connectivity index (χ1v) is 9.60. The van der Waals surface area contributed by atoms with Gasteiger partial charge in [-0.25, -0.2) is 0 Å². The maximum absolute atomic E-state index is 12.8. The number of nitrogens with zero attached hydrogens (tertiary/aromatic N) is 1. The average molecular weight is 409 g/mol. The fourth-order valence-electron chi connectivity index (χ4n) is 2.78. The van der Waals surface area contributed by atoms with Crippen LogP contribution in [-0.2, 0) is 4.79 Å². The summed E-state index contributed by atoms with van der Waals surface area (Å²) in [6, 6.07) is 23.1. The highest BCUT2D eigenvalue weighted by molar-refractivity contribution is 6.30. The van der Waals surface area contributed by atoms with Crippen LogP contribution in [0.4, 0.5) is 11.4 Å². The smallest absolute Gasteiger partial charge is 0.262 e. The van der Waals surface area contributed by atoms with Crippen LogP contribution in [0, 0.1) is 0 Å². The third kappa shape index (κ3) is 5.59. The van der Waals surface area contributed by atoms with Gasteiger partial charge in [-0.2, -0.15) is 0 Å². The minimum absolute atomic E-state index is 0.0948. The predicted molar refractivity (Wildman–Crippen MR) is 116 cm³/mol. The van der Waals surface area contributed by atoms with E-state index < -0.39 is 0 Å². The van der Waals surface area contributed by atoms with Gasteiger partial charge in [-0.3, -0.25) is 9.59 Å². The fourth-order valence-corrected chi connectivity index (χ4v) is 2.91. The number of benzene rings is 3. The molecule has 0 unspecified atom stereocenters. The molecule has 0 saturated heterocycles. The lowest BCUT2D eigenvalue weighted by Gasteiger charge is -2.21. The van der Waals surface area contributed by atoms with Crippen LogP contribution in [0.2, 0.25) is 5.02 Å². The monoisotopic (exact) mass is 408 g/mol. The van der Waals surface area contributed by atoms with Gasteiger partial charge < -0.3 is 15.0 Å². The summed E-state index contributed by atoms with van der Waals surface area (Å²) in [6.45, 7) is 2.36. The van der Waals surface area contributed by atoms with Crippen molar-refractivity contribution in [2.24, 2.45) is 0 Å². The molecule has 148 valence electrons. The third-order valence-electron chi connectivity index (χ3n) is 4.23. The van der Waals surface area contributed by atoms with Crippen molar-refractivity contribution in [1.82, 2.24) is 0 Å². The van der Waals surface area contributed by atoms with E-state index in [1.807, 2.05) is 37.3 Å². The summed E-state index contributed by atoms with van der Waals surface area (Å²) in [7, 11) is 0. The zero-order chi connectivity index (χ0) is 20.6. The second-order valence-corrected chi connectivity index (χ2v) is 6.69. The first kappa shape index (κ1) is 20.4. The largest absolute Gasteiger partial charge is 0.484 e. The molecule has 6 heteroatoms. The van der Waals surface area contributed by atoms with E-state index in [9.17, 15) is 9.59 Å². The number of hydrogen-bond acceptors (Lipinski definition) is 3. The molecule has 1 N–H and O–H groups in total. The Labute approximate surface area is 174 Å². The zero-order valence-corrected chi connectivity index (χ0v) is 16.7. The molecule has 0 fully saturated rings. The van der Waals surface area contributed by atoms with E-state index in [0.717, 1.165) is 5.69 Å². The van der Waals surface area contributed by atoms with Crippen molar-refractivity contribution in [3.8, 4) is 5.75 Å². The number of rotatable bonds is 7. The van der Waals surface area contributed by atoms with Gasteiger partial charge in [0.05, 0.1) is 0 Å². The summed E-state index contributed by atoms with van der Waals surface area (Å²) in [4.78, 5) is 26.6. The van der Waals surface area contributed by atoms with Crippen molar-refractivity contribution < 1.29 is 14.3 Å². The third-order valence-corrected chi connectivity index (χ3v) is 4.48. The van der Waals surface area contributed by atoms with E-state index in [4.69, 9.17) is 16.3 Å². The van der Waals surface area contributed by atoms with E-state index >= 15 is 0 Å². The second kappa shape index (κ2) is 9.75. The van der Waals surface area contributed by atoms with Gasteiger partial charge in [-0.1, -0.05) is 29.8 Å². The highest BCUT2D eigenvalue weighted by Crippen LogP contribution is 2.18. The summed E-state index contributed by atoms with van der Waals surface area (Å²) >= 11 is 5.82. The van der Waals surface area contributed by atoms with Crippen LogP contribution in [0.25, 0.3) is 0 Å². The van der Waals surface area contributed by atoms with Crippen LogP contribution in [0.15, 0.2) is 78.9 Å². The van der Waals surface area contributed by atoms with E-state index in [0.29, 0.717) is 28.6 Å². The Morgan fingerprint density at radius 3 is 2.21 bits per heavy atom. The number of nitrogens with one attached hydrogen (secondary N) is 1. The molecule has 0 atom stereocenters. The lowest BCUT2D eigenvalue weighted by Crippen LogP contribution is -2.30. The molecular formula is C23H21ClN2O3. The number of hydrogen-bond donors (Lipinski definition) is 1. The topological polar surface area (TPSA) is 58.6 Å². The Hall–Kier alpha value is -3.31. The minimum Gasteiger partial charge on any atom is -0.484 e. The Balaban J connectivity index is 1.58. The van der Waals surface area contributed by atoms with Gasteiger partial charge in [0.2, 0.25) is 0 Å². The van der Waals surface area contributed by atoms with Crippen LogP contribution >= 0.6 is 11.6 Å². The van der Waals surface area contributed by atoms with Gasteiger partial charge in [0.25, 0.3) is 11.8 Å². The molecule has 0 aliphatic carbocycles. The van der Waals surface area contributed by atoms with Crippen molar-refractivity contribution in [3.05, 3.63) is 89.4 Å². The SMILES string of the molecule is CCN(C(=O)c1ccc(NC(=O)COc2ccc(Cl)cc2)cc1)c1ccccc1. The zero-order valence-electron chi connectivity index (χ0n) is 16.0. The number of anilines is 2. The van der Waals surface area contributed by atoms with E-state index in [1.54, 1.807) is 53.4 Å². The molecule has 29 heavy (non-hydrogen) atoms. The Bertz CT molecular complexity index is 958. The molecule has 3 aromatic rings. The Kier molecular flexibility index (Phi) is 6.87. The van der Waals surface area contributed by atoms with Crippen molar-refractivity contribution in [2.75, 3.05) is 23.4 Å². The molecule has 3 aromatic carbocycles. The molecule has 0 bridgehead atoms. The fraction of sp³-hybridized carbons (Fsp3) is 0.130. The van der Waals surface area contributed by atoms with Crippen molar-refractivity contribution in [1.29, 1.82) is 0 Å². The van der Waals surface area contributed by atoms with Gasteiger partial charge in [-0.05, 0) is 67.6 Å². The van der Waals surface area contributed by atoms with E-state index in [1.165, 1.54) is 0 Å². The molecule has 0 heterocycles. The normalized spacial score (nSPS) is 10.3. The lowest BCUT2D eigenvalue weighted by molar-refractivity contribution is -0.118. The summed E-state index contributed by atoms with van der Waals surface area (Å²) in [5.74, 6) is 0.173. The summed E-state index contributed by atoms with van der Waals surface area (Å²) in [6.07, 6.45) is 0. The van der Waals surface area contributed by atoms with Gasteiger partial charge >= 0.3 is 0 Å². The summed E-state index contributed by atoms with van der Waals surface area (Å²) in [5, 5.41) is 3.35. The van der Waals surface area contributed by atoms with Gasteiger partial charge in [0.15, 0.2) is 6.61 Å². The van der Waals surface area contributed by atoms with Crippen LogP contribution in [0.3, 0.4) is 0 Å². The molecule has 0 saturated carbocycles. The highest BCUT2D eigenvalue weighted by Gasteiger charge is 2.16. The molecule has 0 aliphatic heterocycles. The maximum atomic E-state index is 12.8. The molecule has 0 aliphatic rings. The van der Waals surface area contributed by atoms with E-state index in [2.05, 4.69) is 5.32 Å². The standard InChI is InChI=1S/C23H21ClN2O3/c1-2-26(20-6-4-3-5-7-20)23(28)17-8-12-19(13-9-17)25-22(27)16-29-21-14-10-18(24)11-15-21/h3-15H,2,16H2,1H3,(H,25,27). The first-order valence-electron chi connectivity index (χ1n) is 9.22. The van der Waals surface area contributed by atoms with Crippen molar-refractivity contribution in [2.45, 2.75) is 6.92 Å². The van der Waals surface area contributed by atoms with Crippen molar-refractivity contribution >= 4 is 34.8 Å². The summed E-state index contributed by atoms with van der Waals surface area (Å²) < 4.78 is 5.42. The maximum Gasteiger partial charge on any atom is 0.262 e. The molecule has 0 radical (unpaired) electrons. The lowest BCUT2D eigenvalue weighted by atomic mass is 10.1. The summed E-state index contributed by atoms with van der Waals surface area (Å²) in [5.41, 5.74) is 1.98. The average Bonchev–Trinajstić information content (AvgIpc) is 2.75. The molecule has 0 aromatic heterocycles. The number of para-hydroxylation sites is 1. The van der Waals surface area contributed by atoms with Gasteiger partial charge in [0.1, 0.15) is 5.75 Å². The number of halogens is 1. The first-order chi connectivity index (χ1) is 14.1.